The fourth-order valence-electron chi connectivity index (χ4n) is 1.71. The molecule has 4 heteroatoms. The predicted molar refractivity (Wildman–Crippen MR) is 70.4 cm³/mol. The highest BCUT2D eigenvalue weighted by Gasteiger charge is 2.10. The van der Waals surface area contributed by atoms with Crippen LogP contribution in [0.5, 0.6) is 11.5 Å². The van der Waals surface area contributed by atoms with Crippen molar-refractivity contribution in [2.75, 3.05) is 6.61 Å². The Bertz CT molecular complexity index is 413. The zero-order valence-electron chi connectivity index (χ0n) is 10.9. The summed E-state index contributed by atoms with van der Waals surface area (Å²) in [4.78, 5) is 0. The minimum Gasteiger partial charge on any atom is -0.504 e. The van der Waals surface area contributed by atoms with Crippen LogP contribution < -0.4 is 10.1 Å². The van der Waals surface area contributed by atoms with Crippen molar-refractivity contribution in [2.45, 2.75) is 39.3 Å². The SMILES string of the molecule is CCOc1cccc(CNC(CC)CC#N)c1O. The van der Waals surface area contributed by atoms with Crippen LogP contribution in [-0.4, -0.2) is 17.8 Å². The van der Waals surface area contributed by atoms with E-state index in [-0.39, 0.29) is 11.8 Å². The van der Waals surface area contributed by atoms with Gasteiger partial charge in [-0.3, -0.25) is 0 Å². The van der Waals surface area contributed by atoms with E-state index < -0.39 is 0 Å². The quantitative estimate of drug-likeness (QED) is 0.778. The van der Waals surface area contributed by atoms with E-state index in [9.17, 15) is 5.11 Å². The largest absolute Gasteiger partial charge is 0.504 e. The smallest absolute Gasteiger partial charge is 0.162 e. The first-order chi connectivity index (χ1) is 8.72. The van der Waals surface area contributed by atoms with Crippen molar-refractivity contribution in [3.63, 3.8) is 0 Å². The fraction of sp³-hybridized carbons (Fsp3) is 0.500. The van der Waals surface area contributed by atoms with Gasteiger partial charge in [0.1, 0.15) is 0 Å². The Balaban J connectivity index is 2.67. The summed E-state index contributed by atoms with van der Waals surface area (Å²) in [6.45, 7) is 4.97. The normalized spacial score (nSPS) is 11.8. The second-order valence-corrected chi connectivity index (χ2v) is 4.05. The molecule has 2 N–H and O–H groups in total. The number of nitrogens with one attached hydrogen (secondary N) is 1. The lowest BCUT2D eigenvalue weighted by Crippen LogP contribution is -2.27. The molecule has 0 aliphatic heterocycles. The number of hydrogen-bond donors (Lipinski definition) is 2. The van der Waals surface area contributed by atoms with Gasteiger partial charge in [-0.1, -0.05) is 19.1 Å². The first-order valence-corrected chi connectivity index (χ1v) is 6.26. The maximum Gasteiger partial charge on any atom is 0.162 e. The Morgan fingerprint density at radius 1 is 1.44 bits per heavy atom. The van der Waals surface area contributed by atoms with Crippen molar-refractivity contribution in [1.29, 1.82) is 5.26 Å². The van der Waals surface area contributed by atoms with Crippen molar-refractivity contribution in [3.8, 4) is 17.6 Å². The molecule has 4 nitrogen and oxygen atoms in total. The average molecular weight is 248 g/mol. The molecule has 1 aromatic rings. The summed E-state index contributed by atoms with van der Waals surface area (Å²) in [5.74, 6) is 0.684. The van der Waals surface area contributed by atoms with E-state index in [2.05, 4.69) is 11.4 Å². The van der Waals surface area contributed by atoms with Gasteiger partial charge < -0.3 is 15.2 Å². The lowest BCUT2D eigenvalue weighted by molar-refractivity contribution is 0.316. The van der Waals surface area contributed by atoms with Gasteiger partial charge >= 0.3 is 0 Å². The molecule has 98 valence electrons. The molecule has 1 atom stereocenters. The first kappa shape index (κ1) is 14.3. The summed E-state index contributed by atoms with van der Waals surface area (Å²) in [7, 11) is 0. The molecule has 1 rings (SSSR count). The molecule has 0 aliphatic carbocycles. The third kappa shape index (κ3) is 3.94. The number of aromatic hydroxyl groups is 1. The molecule has 0 saturated carbocycles. The van der Waals surface area contributed by atoms with Crippen LogP contribution in [0.3, 0.4) is 0 Å². The third-order valence-corrected chi connectivity index (χ3v) is 2.79. The standard InChI is InChI=1S/C14H20N2O2/c1-3-12(8-9-15)16-10-11-6-5-7-13(14(11)17)18-4-2/h5-7,12,16-17H,3-4,8,10H2,1-2H3. The average Bonchev–Trinajstić information content (AvgIpc) is 2.38. The zero-order chi connectivity index (χ0) is 13.4. The third-order valence-electron chi connectivity index (χ3n) is 2.79. The number of benzene rings is 1. The summed E-state index contributed by atoms with van der Waals surface area (Å²) >= 11 is 0. The number of phenolic OH excluding ortho intramolecular Hbond substituents is 1. The topological polar surface area (TPSA) is 65.3 Å². The van der Waals surface area contributed by atoms with Gasteiger partial charge in [-0.15, -0.1) is 0 Å². The Morgan fingerprint density at radius 3 is 2.83 bits per heavy atom. The maximum atomic E-state index is 10.0. The highest BCUT2D eigenvalue weighted by molar-refractivity contribution is 5.45. The van der Waals surface area contributed by atoms with Crippen molar-refractivity contribution < 1.29 is 9.84 Å². The van der Waals surface area contributed by atoms with Crippen molar-refractivity contribution in [1.82, 2.24) is 5.32 Å². The monoisotopic (exact) mass is 248 g/mol. The van der Waals surface area contributed by atoms with Gasteiger partial charge in [-0.2, -0.15) is 5.26 Å². The molecule has 0 bridgehead atoms. The lowest BCUT2D eigenvalue weighted by atomic mass is 10.1. The van der Waals surface area contributed by atoms with Crippen LogP contribution in [0.4, 0.5) is 0 Å². The Labute approximate surface area is 108 Å². The molecule has 18 heavy (non-hydrogen) atoms. The van der Waals surface area contributed by atoms with Crippen LogP contribution in [0.1, 0.15) is 32.3 Å². The molecule has 0 spiro atoms. The summed E-state index contributed by atoms with van der Waals surface area (Å²) in [6, 6.07) is 7.76. The Hall–Kier alpha value is -1.73. The highest BCUT2D eigenvalue weighted by atomic mass is 16.5. The van der Waals surface area contributed by atoms with Gasteiger partial charge in [0.25, 0.3) is 0 Å². The van der Waals surface area contributed by atoms with Crippen LogP contribution in [0.2, 0.25) is 0 Å². The lowest BCUT2D eigenvalue weighted by Gasteiger charge is -2.15. The van der Waals surface area contributed by atoms with E-state index >= 15 is 0 Å². The van der Waals surface area contributed by atoms with Crippen LogP contribution in [0.15, 0.2) is 18.2 Å². The molecule has 0 amide bonds. The second kappa shape index (κ2) is 7.57. The molecule has 0 aliphatic rings. The van der Waals surface area contributed by atoms with Gasteiger partial charge in [-0.25, -0.2) is 0 Å². The summed E-state index contributed by atoms with van der Waals surface area (Å²) in [5.41, 5.74) is 0.789. The highest BCUT2D eigenvalue weighted by Crippen LogP contribution is 2.29. The predicted octanol–water partition coefficient (Wildman–Crippen LogP) is 2.57. The van der Waals surface area contributed by atoms with Gasteiger partial charge in [-0.05, 0) is 19.4 Å². The van der Waals surface area contributed by atoms with Crippen LogP contribution in [0.25, 0.3) is 0 Å². The van der Waals surface area contributed by atoms with Gasteiger partial charge in [0.05, 0.1) is 19.1 Å². The Kier molecular flexibility index (Phi) is 6.03. The van der Waals surface area contributed by atoms with Crippen molar-refractivity contribution in [2.24, 2.45) is 0 Å². The fourth-order valence-corrected chi connectivity index (χ4v) is 1.71. The maximum absolute atomic E-state index is 10.0. The molecule has 0 radical (unpaired) electrons. The second-order valence-electron chi connectivity index (χ2n) is 4.05. The van der Waals surface area contributed by atoms with E-state index in [1.54, 1.807) is 6.07 Å². The molecule has 1 unspecified atom stereocenters. The number of para-hydroxylation sites is 1. The van der Waals surface area contributed by atoms with Crippen LogP contribution in [0, 0.1) is 11.3 Å². The number of phenols is 1. The molecular weight excluding hydrogens is 228 g/mol. The van der Waals surface area contributed by atoms with Gasteiger partial charge in [0.2, 0.25) is 0 Å². The molecular formula is C14H20N2O2. The Morgan fingerprint density at radius 2 is 2.22 bits per heavy atom. The van der Waals surface area contributed by atoms with E-state index in [4.69, 9.17) is 10.00 Å². The van der Waals surface area contributed by atoms with Crippen LogP contribution >= 0.6 is 0 Å². The minimum absolute atomic E-state index is 0.158. The van der Waals surface area contributed by atoms with Crippen molar-refractivity contribution >= 4 is 0 Å². The molecule has 0 fully saturated rings. The molecule has 1 aromatic carbocycles. The van der Waals surface area contributed by atoms with E-state index in [1.165, 1.54) is 0 Å². The molecule has 0 aromatic heterocycles. The first-order valence-electron chi connectivity index (χ1n) is 6.26. The number of nitriles is 1. The number of rotatable bonds is 7. The van der Waals surface area contributed by atoms with E-state index in [1.807, 2.05) is 26.0 Å². The number of hydrogen-bond acceptors (Lipinski definition) is 4. The minimum atomic E-state index is 0.158. The van der Waals surface area contributed by atoms with Crippen LogP contribution in [-0.2, 0) is 6.54 Å². The summed E-state index contributed by atoms with van der Waals surface area (Å²) in [6.07, 6.45) is 1.36. The zero-order valence-corrected chi connectivity index (χ0v) is 10.9. The summed E-state index contributed by atoms with van der Waals surface area (Å²) < 4.78 is 5.33. The van der Waals surface area contributed by atoms with Crippen molar-refractivity contribution in [3.05, 3.63) is 23.8 Å². The van der Waals surface area contributed by atoms with E-state index in [0.717, 1.165) is 12.0 Å². The molecule has 0 heterocycles. The number of ether oxygens (including phenoxy) is 1. The number of nitrogens with zero attached hydrogens (tertiary/aromatic N) is 1. The van der Waals surface area contributed by atoms with Gasteiger partial charge in [0, 0.05) is 18.2 Å². The summed E-state index contributed by atoms with van der Waals surface area (Å²) in [5, 5.41) is 21.9. The van der Waals surface area contributed by atoms with Gasteiger partial charge in [0.15, 0.2) is 11.5 Å². The molecule has 0 saturated heterocycles. The van der Waals surface area contributed by atoms with E-state index in [0.29, 0.717) is 25.3 Å².